The van der Waals surface area contributed by atoms with Gasteiger partial charge in [-0.25, -0.2) is 0 Å². The van der Waals surface area contributed by atoms with Crippen molar-refractivity contribution in [2.75, 3.05) is 13.2 Å². The molecule has 0 radical (unpaired) electrons. The van der Waals surface area contributed by atoms with E-state index >= 15 is 0 Å². The Morgan fingerprint density at radius 1 is 1.37 bits per heavy atom. The number of rotatable bonds is 9. The monoisotopic (exact) mass is 287 g/mol. The predicted octanol–water partition coefficient (Wildman–Crippen LogP) is 3.41. The zero-order valence-electron chi connectivity index (χ0n) is 12.4. The van der Waals surface area contributed by atoms with E-state index in [1.165, 1.54) is 0 Å². The fourth-order valence-corrected chi connectivity index (χ4v) is 2.47. The summed E-state index contributed by atoms with van der Waals surface area (Å²) in [5, 5.41) is 8.61. The number of nitrogens with one attached hydrogen (secondary N) is 1. The average Bonchev–Trinajstić information content (AvgIpc) is 2.73. The van der Waals surface area contributed by atoms with Crippen molar-refractivity contribution < 1.29 is 4.74 Å². The first-order chi connectivity index (χ1) is 9.15. The van der Waals surface area contributed by atoms with Gasteiger partial charge in [-0.1, -0.05) is 25.4 Å². The van der Waals surface area contributed by atoms with Gasteiger partial charge in [0.15, 0.2) is 0 Å². The van der Waals surface area contributed by atoms with E-state index in [-0.39, 0.29) is 12.1 Å². The zero-order chi connectivity index (χ0) is 14.3. The third kappa shape index (κ3) is 4.48. The number of aryl methyl sites for hydroxylation is 1. The molecule has 5 heteroatoms. The molecule has 0 amide bonds. The molecule has 110 valence electrons. The van der Waals surface area contributed by atoms with Crippen molar-refractivity contribution in [3.05, 3.63) is 16.9 Å². The van der Waals surface area contributed by atoms with E-state index in [0.29, 0.717) is 11.6 Å². The molecule has 0 aliphatic rings. The third-order valence-electron chi connectivity index (χ3n) is 3.08. The molecule has 1 aromatic heterocycles. The Labute approximate surface area is 121 Å². The molecule has 2 atom stereocenters. The number of ether oxygens (including phenoxy) is 1. The highest BCUT2D eigenvalue weighted by atomic mass is 35.5. The molecule has 0 fully saturated rings. The van der Waals surface area contributed by atoms with Gasteiger partial charge in [-0.2, -0.15) is 5.10 Å². The summed E-state index contributed by atoms with van der Waals surface area (Å²) in [6.45, 7) is 10.9. The molecule has 1 N–H and O–H groups in total. The molecule has 0 aliphatic heterocycles. The van der Waals surface area contributed by atoms with Gasteiger partial charge >= 0.3 is 0 Å². The van der Waals surface area contributed by atoms with Crippen molar-refractivity contribution in [3.63, 3.8) is 0 Å². The lowest BCUT2D eigenvalue weighted by Gasteiger charge is -2.26. The molecular formula is C14H26ClN3O. The van der Waals surface area contributed by atoms with E-state index in [1.54, 1.807) is 6.20 Å². The van der Waals surface area contributed by atoms with Crippen molar-refractivity contribution >= 4 is 11.6 Å². The number of hydrogen-bond donors (Lipinski definition) is 1. The molecule has 0 bridgehead atoms. The number of aromatic nitrogens is 2. The standard InChI is InChI=1S/C14H26ClN3O/c1-5-8-16-13(11(4)19-7-3)14-12(15)10-17-18(14)9-6-2/h10-11,13,16H,5-9H2,1-4H3. The molecule has 0 aromatic carbocycles. The second-order valence-corrected chi connectivity index (χ2v) is 5.10. The van der Waals surface area contributed by atoms with Crippen LogP contribution in [0.2, 0.25) is 5.02 Å². The Morgan fingerprint density at radius 2 is 2.11 bits per heavy atom. The van der Waals surface area contributed by atoms with Gasteiger partial charge in [0.2, 0.25) is 0 Å². The van der Waals surface area contributed by atoms with Crippen LogP contribution in [0.1, 0.15) is 52.3 Å². The summed E-state index contributed by atoms with van der Waals surface area (Å²) in [7, 11) is 0. The van der Waals surface area contributed by atoms with Crippen LogP contribution in [0.15, 0.2) is 6.20 Å². The maximum absolute atomic E-state index is 6.32. The first kappa shape index (κ1) is 16.5. The Bertz CT molecular complexity index is 368. The lowest BCUT2D eigenvalue weighted by Crippen LogP contribution is -2.34. The summed E-state index contributed by atoms with van der Waals surface area (Å²) >= 11 is 6.32. The van der Waals surface area contributed by atoms with E-state index in [9.17, 15) is 0 Å². The SMILES string of the molecule is CCCNC(c1c(Cl)cnn1CCC)C(C)OCC. The summed E-state index contributed by atoms with van der Waals surface area (Å²) in [4.78, 5) is 0. The summed E-state index contributed by atoms with van der Waals surface area (Å²) < 4.78 is 7.74. The predicted molar refractivity (Wildman–Crippen MR) is 79.7 cm³/mol. The van der Waals surface area contributed by atoms with Crippen LogP contribution < -0.4 is 5.32 Å². The molecule has 2 unspecified atom stereocenters. The molecule has 1 heterocycles. The van der Waals surface area contributed by atoms with Gasteiger partial charge in [0.1, 0.15) is 0 Å². The van der Waals surface area contributed by atoms with Gasteiger partial charge in [-0.05, 0) is 33.2 Å². The summed E-state index contributed by atoms with van der Waals surface area (Å²) in [6.07, 6.45) is 3.91. The molecule has 0 aliphatic carbocycles. The van der Waals surface area contributed by atoms with Gasteiger partial charge in [0.05, 0.1) is 29.1 Å². The smallest absolute Gasteiger partial charge is 0.0835 e. The Kier molecular flexibility index (Phi) is 7.42. The largest absolute Gasteiger partial charge is 0.377 e. The van der Waals surface area contributed by atoms with Gasteiger partial charge in [0.25, 0.3) is 0 Å². The Morgan fingerprint density at radius 3 is 2.68 bits per heavy atom. The minimum Gasteiger partial charge on any atom is -0.377 e. The maximum atomic E-state index is 6.32. The first-order valence-corrected chi connectivity index (χ1v) is 7.59. The highest BCUT2D eigenvalue weighted by molar-refractivity contribution is 6.31. The van der Waals surface area contributed by atoms with Crippen LogP contribution in [0.5, 0.6) is 0 Å². The van der Waals surface area contributed by atoms with Crippen LogP contribution in [-0.2, 0) is 11.3 Å². The number of hydrogen-bond acceptors (Lipinski definition) is 3. The molecular weight excluding hydrogens is 262 g/mol. The molecule has 0 saturated heterocycles. The second-order valence-electron chi connectivity index (χ2n) is 4.69. The average molecular weight is 288 g/mol. The molecule has 0 saturated carbocycles. The van der Waals surface area contributed by atoms with Crippen LogP contribution in [0, 0.1) is 0 Å². The van der Waals surface area contributed by atoms with E-state index in [4.69, 9.17) is 16.3 Å². The highest BCUT2D eigenvalue weighted by Crippen LogP contribution is 2.27. The fourth-order valence-electron chi connectivity index (χ4n) is 2.22. The second kappa shape index (κ2) is 8.56. The molecule has 0 spiro atoms. The van der Waals surface area contributed by atoms with Crippen LogP contribution in [0.4, 0.5) is 0 Å². The molecule has 19 heavy (non-hydrogen) atoms. The van der Waals surface area contributed by atoms with Crippen LogP contribution in [0.3, 0.4) is 0 Å². The Hall–Kier alpha value is -0.580. The van der Waals surface area contributed by atoms with Crippen LogP contribution >= 0.6 is 11.6 Å². The highest BCUT2D eigenvalue weighted by Gasteiger charge is 2.25. The fraction of sp³-hybridized carbons (Fsp3) is 0.786. The minimum absolute atomic E-state index is 0.0707. The summed E-state index contributed by atoms with van der Waals surface area (Å²) in [5.41, 5.74) is 1.04. The van der Waals surface area contributed by atoms with Crippen molar-refractivity contribution in [1.82, 2.24) is 15.1 Å². The van der Waals surface area contributed by atoms with Gasteiger partial charge < -0.3 is 10.1 Å². The third-order valence-corrected chi connectivity index (χ3v) is 3.37. The van der Waals surface area contributed by atoms with Crippen molar-refractivity contribution in [1.29, 1.82) is 0 Å². The van der Waals surface area contributed by atoms with E-state index in [1.807, 2.05) is 11.6 Å². The first-order valence-electron chi connectivity index (χ1n) is 7.21. The van der Waals surface area contributed by atoms with Gasteiger partial charge in [0, 0.05) is 13.2 Å². The lowest BCUT2D eigenvalue weighted by molar-refractivity contribution is 0.0448. The van der Waals surface area contributed by atoms with Gasteiger partial charge in [-0.3, -0.25) is 4.68 Å². The molecule has 4 nitrogen and oxygen atoms in total. The number of halogens is 1. The summed E-state index contributed by atoms with van der Waals surface area (Å²) in [6, 6.07) is 0.0847. The van der Waals surface area contributed by atoms with Crippen LogP contribution in [-0.4, -0.2) is 29.0 Å². The van der Waals surface area contributed by atoms with Gasteiger partial charge in [-0.15, -0.1) is 0 Å². The Balaban J connectivity index is 2.97. The summed E-state index contributed by atoms with van der Waals surface area (Å²) in [5.74, 6) is 0. The topological polar surface area (TPSA) is 39.1 Å². The minimum atomic E-state index is 0.0707. The lowest BCUT2D eigenvalue weighted by atomic mass is 10.1. The van der Waals surface area contributed by atoms with E-state index in [2.05, 4.69) is 31.2 Å². The van der Waals surface area contributed by atoms with Crippen LogP contribution in [0.25, 0.3) is 0 Å². The van der Waals surface area contributed by atoms with E-state index < -0.39 is 0 Å². The molecule has 1 rings (SSSR count). The number of nitrogens with zero attached hydrogens (tertiary/aromatic N) is 2. The molecule has 1 aromatic rings. The van der Waals surface area contributed by atoms with Crippen molar-refractivity contribution in [2.24, 2.45) is 0 Å². The quantitative estimate of drug-likeness (QED) is 0.756. The maximum Gasteiger partial charge on any atom is 0.0835 e. The zero-order valence-corrected chi connectivity index (χ0v) is 13.2. The van der Waals surface area contributed by atoms with Crippen molar-refractivity contribution in [2.45, 2.75) is 59.2 Å². The van der Waals surface area contributed by atoms with Crippen molar-refractivity contribution in [3.8, 4) is 0 Å². The van der Waals surface area contributed by atoms with E-state index in [0.717, 1.165) is 31.6 Å². The normalized spacial score (nSPS) is 14.6.